The van der Waals surface area contributed by atoms with E-state index in [2.05, 4.69) is 15.9 Å². The minimum absolute atomic E-state index is 0.272. The van der Waals surface area contributed by atoms with E-state index < -0.39 is 11.2 Å². The zero-order valence-corrected chi connectivity index (χ0v) is 12.4. The van der Waals surface area contributed by atoms with Crippen molar-refractivity contribution in [1.29, 1.82) is 0 Å². The minimum atomic E-state index is -0.840. The van der Waals surface area contributed by atoms with Crippen molar-refractivity contribution >= 4 is 21.9 Å². The first-order valence-corrected chi connectivity index (χ1v) is 6.93. The van der Waals surface area contributed by atoms with Crippen LogP contribution >= 0.6 is 15.9 Å². The Hall–Kier alpha value is -0.870. The van der Waals surface area contributed by atoms with Gasteiger partial charge in [0.25, 0.3) is 0 Å². The summed E-state index contributed by atoms with van der Waals surface area (Å²) in [5.41, 5.74) is -0.457. The minimum Gasteiger partial charge on any atom is -0.464 e. The standard InChI is InChI=1S/C14H17BrO3/c1-4-14(12(16)17-5-2)13(3,18-14)10-8-6-7-9-11(10)15/h6-9H,4-5H2,1-3H3. The monoisotopic (exact) mass is 312 g/mol. The summed E-state index contributed by atoms with van der Waals surface area (Å²) in [4.78, 5) is 12.1. The molecular weight excluding hydrogens is 296 g/mol. The Morgan fingerprint density at radius 2 is 2.06 bits per heavy atom. The van der Waals surface area contributed by atoms with Crippen molar-refractivity contribution in [2.24, 2.45) is 0 Å². The van der Waals surface area contributed by atoms with E-state index in [1.165, 1.54) is 0 Å². The summed E-state index contributed by atoms with van der Waals surface area (Å²) < 4.78 is 11.9. The molecule has 2 atom stereocenters. The molecule has 1 aliphatic rings. The lowest BCUT2D eigenvalue weighted by Crippen LogP contribution is -2.33. The molecule has 0 N–H and O–H groups in total. The highest BCUT2D eigenvalue weighted by Gasteiger charge is 2.73. The molecule has 4 heteroatoms. The van der Waals surface area contributed by atoms with Gasteiger partial charge in [0.15, 0.2) is 5.60 Å². The second-order valence-corrected chi connectivity index (χ2v) is 5.37. The Kier molecular flexibility index (Phi) is 3.52. The number of rotatable bonds is 4. The van der Waals surface area contributed by atoms with Crippen LogP contribution in [-0.2, 0) is 19.9 Å². The van der Waals surface area contributed by atoms with Gasteiger partial charge in [0.05, 0.1) is 6.61 Å². The second-order valence-electron chi connectivity index (χ2n) is 4.52. The summed E-state index contributed by atoms with van der Waals surface area (Å²) in [6.45, 7) is 6.06. The summed E-state index contributed by atoms with van der Waals surface area (Å²) >= 11 is 3.51. The Labute approximate surface area is 116 Å². The van der Waals surface area contributed by atoms with Gasteiger partial charge in [0.1, 0.15) is 5.60 Å². The molecule has 1 aliphatic heterocycles. The van der Waals surface area contributed by atoms with Gasteiger partial charge in [-0.1, -0.05) is 41.1 Å². The first kappa shape index (κ1) is 13.6. The maximum atomic E-state index is 12.1. The first-order valence-electron chi connectivity index (χ1n) is 6.14. The van der Waals surface area contributed by atoms with Crippen LogP contribution in [0.5, 0.6) is 0 Å². The molecular formula is C14H17BrO3. The van der Waals surface area contributed by atoms with Crippen LogP contribution < -0.4 is 0 Å². The van der Waals surface area contributed by atoms with Crippen molar-refractivity contribution in [1.82, 2.24) is 0 Å². The molecule has 1 heterocycles. The predicted octanol–water partition coefficient (Wildman–Crippen LogP) is 3.41. The fourth-order valence-corrected chi connectivity index (χ4v) is 3.14. The maximum absolute atomic E-state index is 12.1. The molecule has 0 amide bonds. The van der Waals surface area contributed by atoms with E-state index in [1.54, 1.807) is 6.92 Å². The van der Waals surface area contributed by atoms with Crippen molar-refractivity contribution in [3.05, 3.63) is 34.3 Å². The Morgan fingerprint density at radius 1 is 1.39 bits per heavy atom. The van der Waals surface area contributed by atoms with Crippen molar-refractivity contribution in [3.63, 3.8) is 0 Å². The third-order valence-electron chi connectivity index (χ3n) is 3.60. The average Bonchev–Trinajstić information content (AvgIpc) is 2.98. The van der Waals surface area contributed by atoms with Crippen molar-refractivity contribution in [2.45, 2.75) is 38.4 Å². The lowest BCUT2D eigenvalue weighted by molar-refractivity contribution is -0.149. The van der Waals surface area contributed by atoms with E-state index in [0.29, 0.717) is 13.0 Å². The fraction of sp³-hybridized carbons (Fsp3) is 0.500. The molecule has 98 valence electrons. The van der Waals surface area contributed by atoms with Crippen LogP contribution in [-0.4, -0.2) is 18.2 Å². The van der Waals surface area contributed by atoms with Crippen LogP contribution in [0.25, 0.3) is 0 Å². The summed E-state index contributed by atoms with van der Waals surface area (Å²) in [5.74, 6) is -0.272. The summed E-state index contributed by atoms with van der Waals surface area (Å²) in [6.07, 6.45) is 0.601. The molecule has 0 bridgehead atoms. The number of hydrogen-bond donors (Lipinski definition) is 0. The Balaban J connectivity index is 2.36. The summed E-state index contributed by atoms with van der Waals surface area (Å²) in [6, 6.07) is 7.81. The zero-order valence-electron chi connectivity index (χ0n) is 10.8. The van der Waals surface area contributed by atoms with Crippen molar-refractivity contribution in [2.75, 3.05) is 6.61 Å². The average molecular weight is 313 g/mol. The number of esters is 1. The number of carbonyl (C=O) groups is 1. The number of hydrogen-bond acceptors (Lipinski definition) is 3. The molecule has 2 unspecified atom stereocenters. The molecule has 1 saturated heterocycles. The van der Waals surface area contributed by atoms with Gasteiger partial charge in [-0.3, -0.25) is 0 Å². The number of benzene rings is 1. The van der Waals surface area contributed by atoms with E-state index in [1.807, 2.05) is 38.1 Å². The number of ether oxygens (including phenoxy) is 2. The smallest absolute Gasteiger partial charge is 0.341 e. The van der Waals surface area contributed by atoms with E-state index >= 15 is 0 Å². The number of carbonyl (C=O) groups excluding carboxylic acids is 1. The first-order chi connectivity index (χ1) is 8.52. The van der Waals surface area contributed by atoms with Gasteiger partial charge in [0.2, 0.25) is 0 Å². The molecule has 0 aliphatic carbocycles. The highest BCUT2D eigenvalue weighted by Crippen LogP contribution is 2.59. The molecule has 0 saturated carbocycles. The quantitative estimate of drug-likeness (QED) is 0.632. The molecule has 0 radical (unpaired) electrons. The van der Waals surface area contributed by atoms with Gasteiger partial charge in [-0.2, -0.15) is 0 Å². The third kappa shape index (κ3) is 1.79. The molecule has 18 heavy (non-hydrogen) atoms. The lowest BCUT2D eigenvalue weighted by Gasteiger charge is -2.15. The fourth-order valence-electron chi connectivity index (χ4n) is 2.48. The van der Waals surface area contributed by atoms with Gasteiger partial charge < -0.3 is 9.47 Å². The number of epoxide rings is 1. The van der Waals surface area contributed by atoms with Crippen LogP contribution in [0.3, 0.4) is 0 Å². The normalized spacial score (nSPS) is 30.0. The SMILES string of the molecule is CCOC(=O)C1(CC)OC1(C)c1ccccc1Br. The molecule has 3 nitrogen and oxygen atoms in total. The van der Waals surface area contributed by atoms with Gasteiger partial charge >= 0.3 is 5.97 Å². The molecule has 2 rings (SSSR count). The van der Waals surface area contributed by atoms with E-state index in [4.69, 9.17) is 9.47 Å². The molecule has 1 fully saturated rings. The summed E-state index contributed by atoms with van der Waals surface area (Å²) in [5, 5.41) is 0. The highest BCUT2D eigenvalue weighted by molar-refractivity contribution is 9.10. The molecule has 1 aromatic rings. The third-order valence-corrected chi connectivity index (χ3v) is 4.29. The van der Waals surface area contributed by atoms with E-state index in [0.717, 1.165) is 10.0 Å². The van der Waals surface area contributed by atoms with E-state index in [9.17, 15) is 4.79 Å². The highest BCUT2D eigenvalue weighted by atomic mass is 79.9. The lowest BCUT2D eigenvalue weighted by atomic mass is 9.86. The Bertz CT molecular complexity index is 474. The van der Waals surface area contributed by atoms with Gasteiger partial charge in [0, 0.05) is 10.0 Å². The molecule has 0 spiro atoms. The van der Waals surface area contributed by atoms with Gasteiger partial charge in [-0.25, -0.2) is 4.79 Å². The van der Waals surface area contributed by atoms with Crippen LogP contribution in [0.4, 0.5) is 0 Å². The Morgan fingerprint density at radius 3 is 2.61 bits per heavy atom. The summed E-state index contributed by atoms with van der Waals surface area (Å²) in [7, 11) is 0. The van der Waals surface area contributed by atoms with Gasteiger partial charge in [-0.15, -0.1) is 0 Å². The van der Waals surface area contributed by atoms with Crippen LogP contribution in [0.1, 0.15) is 32.8 Å². The number of halogens is 1. The predicted molar refractivity (Wildman–Crippen MR) is 72.2 cm³/mol. The zero-order chi connectivity index (χ0) is 13.4. The largest absolute Gasteiger partial charge is 0.464 e. The molecule has 0 aromatic heterocycles. The topological polar surface area (TPSA) is 38.8 Å². The van der Waals surface area contributed by atoms with Crippen LogP contribution in [0, 0.1) is 0 Å². The van der Waals surface area contributed by atoms with Crippen molar-refractivity contribution in [3.8, 4) is 0 Å². The maximum Gasteiger partial charge on any atom is 0.341 e. The van der Waals surface area contributed by atoms with Crippen LogP contribution in [0.15, 0.2) is 28.7 Å². The van der Waals surface area contributed by atoms with Gasteiger partial charge in [-0.05, 0) is 26.3 Å². The van der Waals surface area contributed by atoms with Crippen LogP contribution in [0.2, 0.25) is 0 Å². The molecule has 1 aromatic carbocycles. The van der Waals surface area contributed by atoms with E-state index in [-0.39, 0.29) is 5.97 Å². The van der Waals surface area contributed by atoms with Crippen molar-refractivity contribution < 1.29 is 14.3 Å². The second kappa shape index (κ2) is 4.67.